The first-order chi connectivity index (χ1) is 21.2. The van der Waals surface area contributed by atoms with Crippen LogP contribution in [-0.2, 0) is 0 Å². The van der Waals surface area contributed by atoms with Crippen LogP contribution in [0.2, 0.25) is 0 Å². The number of hydrogen-bond acceptors (Lipinski definition) is 8. The summed E-state index contributed by atoms with van der Waals surface area (Å²) in [5.41, 5.74) is 6.46. The van der Waals surface area contributed by atoms with Crippen molar-refractivity contribution in [1.29, 1.82) is 15.8 Å². The van der Waals surface area contributed by atoms with E-state index < -0.39 is 0 Å². The Kier molecular flexibility index (Phi) is 11.0. The fraction of sp³-hybridized carbons (Fsp3) is 0.171. The fourth-order valence-corrected chi connectivity index (χ4v) is 4.32. The lowest BCUT2D eigenvalue weighted by atomic mass is 9.97. The van der Waals surface area contributed by atoms with Crippen LogP contribution in [0.4, 0.5) is 5.69 Å². The highest BCUT2D eigenvalue weighted by atomic mass is 16.5. The van der Waals surface area contributed by atoms with Gasteiger partial charge in [-0.3, -0.25) is 0 Å². The molecule has 218 valence electrons. The van der Waals surface area contributed by atoms with Gasteiger partial charge >= 0.3 is 5.84 Å². The number of ether oxygens (including phenoxy) is 4. The van der Waals surface area contributed by atoms with E-state index in [2.05, 4.69) is 22.0 Å². The topological polar surface area (TPSA) is 125 Å². The Morgan fingerprint density at radius 3 is 1.52 bits per heavy atom. The molecule has 44 heavy (non-hydrogen) atoms. The molecular formula is C35H29N5O4. The van der Waals surface area contributed by atoms with Crippen LogP contribution in [-0.4, -0.2) is 34.3 Å². The minimum absolute atomic E-state index is 0.0385. The van der Waals surface area contributed by atoms with Crippen LogP contribution in [0, 0.1) is 54.4 Å². The number of aliphatic imine (C=N–C) groups is 1. The Balaban J connectivity index is 1.97. The molecule has 0 N–H and O–H groups in total. The summed E-state index contributed by atoms with van der Waals surface area (Å²) < 4.78 is 22.1. The van der Waals surface area contributed by atoms with Crippen LogP contribution >= 0.6 is 0 Å². The Morgan fingerprint density at radius 2 is 1.07 bits per heavy atom. The van der Waals surface area contributed by atoms with Crippen molar-refractivity contribution in [3.8, 4) is 41.2 Å². The zero-order chi connectivity index (χ0) is 32.2. The smallest absolute Gasteiger partial charge is 0.349 e. The van der Waals surface area contributed by atoms with Crippen LogP contribution in [0.25, 0.3) is 35.2 Å². The minimum atomic E-state index is -0.301. The standard InChI is InChI=1S/C35H29N5O4/c1-22-13-26(9-11-28-16-34(44-7)30(18-33(28)43-6)40-35(21-38)39-3)23(2)12-25(22)8-10-27-15-32(42-5)29(17-31(27)41-4)14-24(19-36)20-37/h8-18H,1-2,4-7H3/b10-8+,11-9+,40-35?. The van der Waals surface area contributed by atoms with Crippen LogP contribution in [0.3, 0.4) is 0 Å². The number of aryl methyl sites for hydroxylation is 2. The van der Waals surface area contributed by atoms with Gasteiger partial charge in [-0.05, 0) is 60.4 Å². The lowest BCUT2D eigenvalue weighted by molar-refractivity contribution is 0.401. The van der Waals surface area contributed by atoms with E-state index in [1.165, 1.54) is 27.4 Å². The third-order valence-electron chi connectivity index (χ3n) is 6.63. The maximum atomic E-state index is 9.14. The number of methoxy groups -OCH3 is 4. The molecule has 0 unspecified atom stereocenters. The molecule has 0 radical (unpaired) electrons. The molecule has 0 saturated heterocycles. The molecule has 0 aliphatic heterocycles. The number of benzene rings is 3. The second-order valence-corrected chi connectivity index (χ2v) is 9.27. The summed E-state index contributed by atoms with van der Waals surface area (Å²) in [5.74, 6) is 1.69. The van der Waals surface area contributed by atoms with Crippen LogP contribution in [0.1, 0.15) is 38.9 Å². The van der Waals surface area contributed by atoms with Gasteiger partial charge in [-0.2, -0.15) is 10.5 Å². The van der Waals surface area contributed by atoms with Gasteiger partial charge in [0, 0.05) is 22.8 Å². The molecule has 9 heteroatoms. The fourth-order valence-electron chi connectivity index (χ4n) is 4.32. The first kappa shape index (κ1) is 32.2. The highest BCUT2D eigenvalue weighted by molar-refractivity contribution is 6.05. The van der Waals surface area contributed by atoms with Crippen molar-refractivity contribution in [2.45, 2.75) is 13.8 Å². The van der Waals surface area contributed by atoms with Gasteiger partial charge < -0.3 is 23.8 Å². The molecule has 0 spiro atoms. The molecule has 3 rings (SSSR count). The summed E-state index contributed by atoms with van der Waals surface area (Å²) in [6.07, 6.45) is 9.26. The lowest BCUT2D eigenvalue weighted by Gasteiger charge is -2.12. The average molecular weight is 584 g/mol. The van der Waals surface area contributed by atoms with Gasteiger partial charge in [0.25, 0.3) is 0 Å². The predicted octanol–water partition coefficient (Wildman–Crippen LogP) is 7.58. The first-order valence-corrected chi connectivity index (χ1v) is 13.1. The highest BCUT2D eigenvalue weighted by Crippen LogP contribution is 2.37. The largest absolute Gasteiger partial charge is 0.496 e. The summed E-state index contributed by atoms with van der Waals surface area (Å²) in [7, 11) is 6.11. The second kappa shape index (κ2) is 15.1. The van der Waals surface area contributed by atoms with Crippen molar-refractivity contribution in [2.75, 3.05) is 28.4 Å². The summed E-state index contributed by atoms with van der Waals surface area (Å²) in [6, 6.07) is 16.5. The quantitative estimate of drug-likeness (QED) is 0.0792. The maximum Gasteiger partial charge on any atom is 0.349 e. The SMILES string of the molecule is [C-]#[N+]C(C#N)=Nc1cc(OC)c(/C=C/c2cc(C)c(/C=C/c3cc(OC)c(C=C(C#N)C#N)cc3OC)cc2C)cc1OC. The predicted molar refractivity (Wildman–Crippen MR) is 171 cm³/mol. The van der Waals surface area contributed by atoms with E-state index in [9.17, 15) is 0 Å². The normalized spacial score (nSPS) is 10.8. The van der Waals surface area contributed by atoms with Crippen LogP contribution < -0.4 is 18.9 Å². The maximum absolute atomic E-state index is 9.14. The van der Waals surface area contributed by atoms with Crippen molar-refractivity contribution in [1.82, 2.24) is 0 Å². The van der Waals surface area contributed by atoms with E-state index in [0.29, 0.717) is 34.2 Å². The molecule has 0 aliphatic carbocycles. The molecule has 0 atom stereocenters. The average Bonchev–Trinajstić information content (AvgIpc) is 3.05. The zero-order valence-electron chi connectivity index (χ0n) is 25.2. The van der Waals surface area contributed by atoms with Gasteiger partial charge in [0.05, 0.1) is 28.4 Å². The van der Waals surface area contributed by atoms with Crippen LogP contribution in [0.15, 0.2) is 47.0 Å². The Hall–Kier alpha value is -6.29. The van der Waals surface area contributed by atoms with Crippen molar-refractivity contribution in [2.24, 2.45) is 4.99 Å². The Bertz CT molecular complexity index is 1700. The number of hydrogen-bond donors (Lipinski definition) is 0. The van der Waals surface area contributed by atoms with Gasteiger partial charge in [0.1, 0.15) is 41.0 Å². The second-order valence-electron chi connectivity index (χ2n) is 9.27. The molecule has 0 bridgehead atoms. The molecule has 9 nitrogen and oxygen atoms in total. The van der Waals surface area contributed by atoms with E-state index in [-0.39, 0.29) is 11.4 Å². The summed E-state index contributed by atoms with van der Waals surface area (Å²) in [5, 5.41) is 27.4. The molecule has 0 amide bonds. The molecule has 0 saturated carbocycles. The molecule has 0 aliphatic rings. The monoisotopic (exact) mass is 583 g/mol. The zero-order valence-corrected chi connectivity index (χ0v) is 25.2. The van der Waals surface area contributed by atoms with Gasteiger partial charge in [0.15, 0.2) is 5.75 Å². The van der Waals surface area contributed by atoms with E-state index in [4.69, 9.17) is 41.3 Å². The van der Waals surface area contributed by atoms with E-state index >= 15 is 0 Å². The van der Waals surface area contributed by atoms with E-state index in [1.54, 1.807) is 37.4 Å². The third kappa shape index (κ3) is 7.51. The van der Waals surface area contributed by atoms with Gasteiger partial charge in [0.2, 0.25) is 5.69 Å². The summed E-state index contributed by atoms with van der Waals surface area (Å²) >= 11 is 0. The Labute approximate surface area is 257 Å². The summed E-state index contributed by atoms with van der Waals surface area (Å²) in [6.45, 7) is 11.1. The molecule has 0 aromatic heterocycles. The number of allylic oxidation sites excluding steroid dienone is 1. The van der Waals surface area contributed by atoms with Gasteiger partial charge in [-0.25, -0.2) is 5.26 Å². The third-order valence-corrected chi connectivity index (χ3v) is 6.63. The number of amidine groups is 1. The van der Waals surface area contributed by atoms with E-state index in [1.807, 2.05) is 50.3 Å². The number of nitriles is 3. The number of rotatable bonds is 10. The van der Waals surface area contributed by atoms with Crippen molar-refractivity contribution in [3.63, 3.8) is 0 Å². The molecule has 0 fully saturated rings. The van der Waals surface area contributed by atoms with Gasteiger partial charge in [-0.1, -0.05) is 43.0 Å². The van der Waals surface area contributed by atoms with Crippen molar-refractivity contribution < 1.29 is 18.9 Å². The summed E-state index contributed by atoms with van der Waals surface area (Å²) in [4.78, 5) is 7.19. The Morgan fingerprint density at radius 1 is 0.636 bits per heavy atom. The first-order valence-electron chi connectivity index (χ1n) is 13.1. The lowest BCUT2D eigenvalue weighted by Crippen LogP contribution is -1.94. The van der Waals surface area contributed by atoms with Crippen LogP contribution in [0.5, 0.6) is 23.0 Å². The number of nitrogens with zero attached hydrogens (tertiary/aromatic N) is 5. The van der Waals surface area contributed by atoms with Crippen molar-refractivity contribution in [3.05, 3.63) is 92.3 Å². The highest BCUT2D eigenvalue weighted by Gasteiger charge is 2.14. The van der Waals surface area contributed by atoms with E-state index in [0.717, 1.165) is 33.4 Å². The van der Waals surface area contributed by atoms with Crippen molar-refractivity contribution >= 4 is 41.9 Å². The van der Waals surface area contributed by atoms with Gasteiger partial charge in [-0.15, -0.1) is 4.99 Å². The molecular weight excluding hydrogens is 554 g/mol. The molecule has 3 aromatic carbocycles. The molecule has 3 aromatic rings. The minimum Gasteiger partial charge on any atom is -0.496 e. The molecule has 0 heterocycles.